The van der Waals surface area contributed by atoms with Gasteiger partial charge in [0.2, 0.25) is 0 Å². The first-order valence-electron chi connectivity index (χ1n) is 5.81. The first kappa shape index (κ1) is 14.9. The smallest absolute Gasteiger partial charge is 0.321 e. The molecule has 4 nitrogen and oxygen atoms in total. The fourth-order valence-corrected chi connectivity index (χ4v) is 2.59. The maximum atomic E-state index is 11.4. The zero-order chi connectivity index (χ0) is 12.9. The van der Waals surface area contributed by atoms with E-state index < -0.39 is 17.4 Å². The average molecular weight is 230 g/mol. The maximum Gasteiger partial charge on any atom is 0.321 e. The second-order valence-corrected chi connectivity index (χ2v) is 4.59. The summed E-state index contributed by atoms with van der Waals surface area (Å²) in [7, 11) is 0. The minimum atomic E-state index is -1.63. The quantitative estimate of drug-likeness (QED) is 0.659. The summed E-state index contributed by atoms with van der Waals surface area (Å²) in [4.78, 5) is 22.8. The topological polar surface area (TPSA) is 74.6 Å². The molecule has 16 heavy (non-hydrogen) atoms. The van der Waals surface area contributed by atoms with Crippen LogP contribution >= 0.6 is 0 Å². The van der Waals surface area contributed by atoms with Gasteiger partial charge in [0.15, 0.2) is 5.41 Å². The highest BCUT2D eigenvalue weighted by Gasteiger charge is 2.52. The Kier molecular flexibility index (Phi) is 5.48. The highest BCUT2D eigenvalue weighted by atomic mass is 16.4. The molecule has 4 heteroatoms. The Morgan fingerprint density at radius 2 is 1.56 bits per heavy atom. The van der Waals surface area contributed by atoms with Crippen LogP contribution in [0.15, 0.2) is 0 Å². The van der Waals surface area contributed by atoms with Crippen molar-refractivity contribution in [3.8, 4) is 0 Å². The van der Waals surface area contributed by atoms with Gasteiger partial charge in [-0.2, -0.15) is 0 Å². The molecule has 0 aromatic carbocycles. The lowest BCUT2D eigenvalue weighted by molar-refractivity contribution is -0.172. The third-order valence-electron chi connectivity index (χ3n) is 3.29. The summed E-state index contributed by atoms with van der Waals surface area (Å²) in [6, 6.07) is 0. The van der Waals surface area contributed by atoms with Gasteiger partial charge in [-0.15, -0.1) is 0 Å². The molecule has 0 aliphatic rings. The van der Waals surface area contributed by atoms with Gasteiger partial charge in [-0.3, -0.25) is 9.59 Å². The summed E-state index contributed by atoms with van der Waals surface area (Å²) in [5.74, 6) is -2.70. The SMILES string of the molecule is CCCC(C(=O)O)(C(=O)O)C(CC)C(C)C. The van der Waals surface area contributed by atoms with Gasteiger partial charge in [0.05, 0.1) is 0 Å². The van der Waals surface area contributed by atoms with E-state index in [4.69, 9.17) is 0 Å². The molecule has 94 valence electrons. The Hall–Kier alpha value is -1.06. The first-order chi connectivity index (χ1) is 7.34. The lowest BCUT2D eigenvalue weighted by Crippen LogP contribution is -2.47. The van der Waals surface area contributed by atoms with Gasteiger partial charge in [-0.25, -0.2) is 0 Å². The molecule has 0 fully saturated rings. The predicted octanol–water partition coefficient (Wildman–Crippen LogP) is 2.62. The standard InChI is InChI=1S/C12H22O4/c1-5-7-12(10(13)14,11(15)16)9(6-2)8(3)4/h8-9H,5-7H2,1-4H3,(H,13,14)(H,15,16). The van der Waals surface area contributed by atoms with Crippen LogP contribution in [0, 0.1) is 17.3 Å². The fraction of sp³-hybridized carbons (Fsp3) is 0.833. The summed E-state index contributed by atoms with van der Waals surface area (Å²) in [5, 5.41) is 18.6. The van der Waals surface area contributed by atoms with Gasteiger partial charge in [0.1, 0.15) is 0 Å². The minimum Gasteiger partial charge on any atom is -0.480 e. The largest absolute Gasteiger partial charge is 0.480 e. The van der Waals surface area contributed by atoms with E-state index in [-0.39, 0.29) is 18.3 Å². The molecule has 0 amide bonds. The van der Waals surface area contributed by atoms with Crippen molar-refractivity contribution < 1.29 is 19.8 Å². The molecule has 2 N–H and O–H groups in total. The van der Waals surface area contributed by atoms with Crippen LogP contribution in [0.3, 0.4) is 0 Å². The van der Waals surface area contributed by atoms with E-state index in [9.17, 15) is 19.8 Å². The van der Waals surface area contributed by atoms with Crippen molar-refractivity contribution in [2.75, 3.05) is 0 Å². The molecule has 0 spiro atoms. The van der Waals surface area contributed by atoms with Crippen LogP contribution in [-0.4, -0.2) is 22.2 Å². The van der Waals surface area contributed by atoms with Crippen molar-refractivity contribution in [3.05, 3.63) is 0 Å². The van der Waals surface area contributed by atoms with E-state index in [1.54, 1.807) is 0 Å². The second kappa shape index (κ2) is 5.87. The van der Waals surface area contributed by atoms with Crippen molar-refractivity contribution in [1.82, 2.24) is 0 Å². The Bertz CT molecular complexity index is 244. The molecule has 0 heterocycles. The molecule has 0 rings (SSSR count). The Balaban J connectivity index is 5.47. The molecule has 0 bridgehead atoms. The van der Waals surface area contributed by atoms with E-state index in [1.165, 1.54) is 0 Å². The Morgan fingerprint density at radius 1 is 1.12 bits per heavy atom. The van der Waals surface area contributed by atoms with Crippen molar-refractivity contribution in [2.45, 2.75) is 47.0 Å². The Labute approximate surface area is 96.7 Å². The lowest BCUT2D eigenvalue weighted by Gasteiger charge is -2.35. The van der Waals surface area contributed by atoms with Gasteiger partial charge in [-0.1, -0.05) is 40.5 Å². The van der Waals surface area contributed by atoms with Crippen molar-refractivity contribution >= 4 is 11.9 Å². The van der Waals surface area contributed by atoms with E-state index >= 15 is 0 Å². The predicted molar refractivity (Wildman–Crippen MR) is 61.2 cm³/mol. The monoisotopic (exact) mass is 230 g/mol. The highest BCUT2D eigenvalue weighted by Crippen LogP contribution is 2.40. The molecule has 1 atom stereocenters. The summed E-state index contributed by atoms with van der Waals surface area (Å²) >= 11 is 0. The average Bonchev–Trinajstić information content (AvgIpc) is 2.15. The van der Waals surface area contributed by atoms with E-state index in [0.717, 1.165) is 0 Å². The van der Waals surface area contributed by atoms with Crippen molar-refractivity contribution in [2.24, 2.45) is 17.3 Å². The number of carboxylic acids is 2. The number of hydrogen-bond donors (Lipinski definition) is 2. The van der Waals surface area contributed by atoms with Crippen LogP contribution in [0.2, 0.25) is 0 Å². The molecule has 0 radical (unpaired) electrons. The van der Waals surface area contributed by atoms with Crippen molar-refractivity contribution in [3.63, 3.8) is 0 Å². The zero-order valence-electron chi connectivity index (χ0n) is 10.5. The van der Waals surface area contributed by atoms with Gasteiger partial charge in [-0.05, 0) is 18.3 Å². The van der Waals surface area contributed by atoms with Crippen LogP contribution in [0.25, 0.3) is 0 Å². The molecule has 0 aromatic heterocycles. The van der Waals surface area contributed by atoms with Gasteiger partial charge in [0.25, 0.3) is 0 Å². The molecule has 0 aliphatic carbocycles. The molecule has 0 saturated carbocycles. The van der Waals surface area contributed by atoms with Crippen LogP contribution in [0.1, 0.15) is 47.0 Å². The summed E-state index contributed by atoms with van der Waals surface area (Å²) in [6.45, 7) is 7.42. The number of carboxylic acid groups (broad SMARTS) is 2. The van der Waals surface area contributed by atoms with Gasteiger partial charge in [0, 0.05) is 0 Å². The summed E-state index contributed by atoms with van der Waals surface area (Å²) in [5.41, 5.74) is -1.63. The lowest BCUT2D eigenvalue weighted by atomic mass is 9.66. The maximum absolute atomic E-state index is 11.4. The summed E-state index contributed by atoms with van der Waals surface area (Å²) in [6.07, 6.45) is 1.31. The molecular formula is C12H22O4. The molecule has 0 saturated heterocycles. The minimum absolute atomic E-state index is 0.0451. The normalized spacial score (nSPS) is 13.8. The third kappa shape index (κ3) is 2.54. The van der Waals surface area contributed by atoms with E-state index in [0.29, 0.717) is 12.8 Å². The summed E-state index contributed by atoms with van der Waals surface area (Å²) < 4.78 is 0. The highest BCUT2D eigenvalue weighted by molar-refractivity contribution is 5.98. The molecular weight excluding hydrogens is 208 g/mol. The zero-order valence-corrected chi connectivity index (χ0v) is 10.5. The van der Waals surface area contributed by atoms with Crippen LogP contribution < -0.4 is 0 Å². The van der Waals surface area contributed by atoms with Crippen LogP contribution in [-0.2, 0) is 9.59 Å². The Morgan fingerprint density at radius 3 is 1.75 bits per heavy atom. The number of hydrogen-bond acceptors (Lipinski definition) is 2. The van der Waals surface area contributed by atoms with Crippen LogP contribution in [0.5, 0.6) is 0 Å². The van der Waals surface area contributed by atoms with Gasteiger partial charge >= 0.3 is 11.9 Å². The van der Waals surface area contributed by atoms with E-state index in [2.05, 4.69) is 0 Å². The second-order valence-electron chi connectivity index (χ2n) is 4.59. The molecule has 0 aliphatic heterocycles. The van der Waals surface area contributed by atoms with Crippen LogP contribution in [0.4, 0.5) is 0 Å². The number of carbonyl (C=O) groups is 2. The number of aliphatic carboxylic acids is 2. The van der Waals surface area contributed by atoms with Gasteiger partial charge < -0.3 is 10.2 Å². The first-order valence-corrected chi connectivity index (χ1v) is 5.81. The molecule has 0 aromatic rings. The number of rotatable bonds is 7. The fourth-order valence-electron chi connectivity index (χ4n) is 2.59. The van der Waals surface area contributed by atoms with Crippen molar-refractivity contribution in [1.29, 1.82) is 0 Å². The third-order valence-corrected chi connectivity index (χ3v) is 3.29. The molecule has 1 unspecified atom stereocenters. The van der Waals surface area contributed by atoms with E-state index in [1.807, 2.05) is 27.7 Å².